The average Bonchev–Trinajstić information content (AvgIpc) is 2.76. The number of rotatable bonds is 9. The highest BCUT2D eigenvalue weighted by molar-refractivity contribution is 6.10. The fraction of sp³-hybridized carbons (Fsp3) is 0.182. The molecule has 9 nitrogen and oxygen atoms in total. The van der Waals surface area contributed by atoms with Gasteiger partial charge in [0.15, 0.2) is 18.1 Å². The van der Waals surface area contributed by atoms with E-state index in [1.165, 1.54) is 37.5 Å². The van der Waals surface area contributed by atoms with Crippen molar-refractivity contribution in [2.75, 3.05) is 25.6 Å². The lowest BCUT2D eigenvalue weighted by Gasteiger charge is -2.12. The molecule has 0 saturated carbocycles. The number of nitrogens with one attached hydrogen (secondary N) is 1. The summed E-state index contributed by atoms with van der Waals surface area (Å²) in [7, 11) is 1.25. The molecular weight excluding hydrogens is 404 g/mol. The molecule has 0 aliphatic rings. The molecule has 0 radical (unpaired) electrons. The van der Waals surface area contributed by atoms with E-state index >= 15 is 0 Å². The number of anilines is 1. The van der Waals surface area contributed by atoms with Gasteiger partial charge in [0, 0.05) is 5.69 Å². The maximum Gasteiger partial charge on any atom is 0.343 e. The average molecular weight is 424 g/mol. The molecule has 0 bridgehead atoms. The van der Waals surface area contributed by atoms with Crippen LogP contribution in [0.15, 0.2) is 48.0 Å². The maximum atomic E-state index is 12.5. The zero-order valence-corrected chi connectivity index (χ0v) is 16.9. The van der Waals surface area contributed by atoms with Crippen molar-refractivity contribution in [3.8, 4) is 17.6 Å². The van der Waals surface area contributed by atoms with Gasteiger partial charge in [0.1, 0.15) is 11.6 Å². The van der Waals surface area contributed by atoms with E-state index in [0.717, 1.165) is 0 Å². The number of carboxylic acid groups (broad SMARTS) is 1. The summed E-state index contributed by atoms with van der Waals surface area (Å²) in [6.07, 6.45) is 1.35. The van der Waals surface area contributed by atoms with Gasteiger partial charge in [-0.25, -0.2) is 9.59 Å². The molecule has 0 fully saturated rings. The molecule has 2 aromatic rings. The van der Waals surface area contributed by atoms with Crippen LogP contribution in [-0.2, 0) is 14.3 Å². The van der Waals surface area contributed by atoms with Crippen LogP contribution in [0.4, 0.5) is 5.69 Å². The Morgan fingerprint density at radius 1 is 1.13 bits per heavy atom. The molecule has 1 amide bonds. The number of nitriles is 1. The van der Waals surface area contributed by atoms with E-state index in [0.29, 0.717) is 23.7 Å². The second-order valence-electron chi connectivity index (χ2n) is 6.01. The third-order valence-electron chi connectivity index (χ3n) is 3.88. The number of benzene rings is 2. The highest BCUT2D eigenvalue weighted by Crippen LogP contribution is 2.29. The molecule has 2 N–H and O–H groups in total. The number of carboxylic acids is 1. The maximum absolute atomic E-state index is 12.5. The van der Waals surface area contributed by atoms with Gasteiger partial charge < -0.3 is 24.6 Å². The Morgan fingerprint density at radius 3 is 2.55 bits per heavy atom. The zero-order valence-electron chi connectivity index (χ0n) is 16.9. The van der Waals surface area contributed by atoms with Gasteiger partial charge in [0.25, 0.3) is 5.91 Å². The standard InChI is InChI=1S/C22H20N2O7/c1-3-30-19-10-14(7-8-18(19)31-13-20(25)29-2)9-16(12-23)21(26)24-17-6-4-5-15(11-17)22(27)28/h4-11H,3,13H2,1-2H3,(H,24,26)(H,27,28)/b16-9-. The molecule has 0 aromatic heterocycles. The lowest BCUT2D eigenvalue weighted by atomic mass is 10.1. The second kappa shape index (κ2) is 11.0. The van der Waals surface area contributed by atoms with Crippen LogP contribution in [0.2, 0.25) is 0 Å². The Hall–Kier alpha value is -4.32. The largest absolute Gasteiger partial charge is 0.490 e. The van der Waals surface area contributed by atoms with Gasteiger partial charge in [-0.05, 0) is 48.9 Å². The molecule has 31 heavy (non-hydrogen) atoms. The quantitative estimate of drug-likeness (QED) is 0.356. The Balaban J connectivity index is 2.24. The topological polar surface area (TPSA) is 135 Å². The van der Waals surface area contributed by atoms with E-state index in [2.05, 4.69) is 10.1 Å². The number of amides is 1. The molecular formula is C22H20N2O7. The van der Waals surface area contributed by atoms with Crippen molar-refractivity contribution in [1.82, 2.24) is 0 Å². The lowest BCUT2D eigenvalue weighted by Crippen LogP contribution is -2.14. The predicted molar refractivity (Wildman–Crippen MR) is 111 cm³/mol. The molecule has 0 atom stereocenters. The number of hydrogen-bond donors (Lipinski definition) is 2. The molecule has 0 saturated heterocycles. The Bertz CT molecular complexity index is 1050. The van der Waals surface area contributed by atoms with Gasteiger partial charge in [-0.15, -0.1) is 0 Å². The minimum absolute atomic E-state index is 0.00388. The fourth-order valence-corrected chi connectivity index (χ4v) is 2.44. The number of aromatic carboxylic acids is 1. The van der Waals surface area contributed by atoms with Crippen LogP contribution in [-0.4, -0.2) is 43.3 Å². The number of carbonyl (C=O) groups excluding carboxylic acids is 2. The number of hydrogen-bond acceptors (Lipinski definition) is 7. The van der Waals surface area contributed by atoms with Gasteiger partial charge >= 0.3 is 11.9 Å². The molecule has 0 unspecified atom stereocenters. The van der Waals surface area contributed by atoms with Gasteiger partial charge in [-0.3, -0.25) is 4.79 Å². The number of carbonyl (C=O) groups is 3. The van der Waals surface area contributed by atoms with Crippen LogP contribution in [0.1, 0.15) is 22.8 Å². The van der Waals surface area contributed by atoms with E-state index in [9.17, 15) is 19.6 Å². The number of nitrogens with zero attached hydrogens (tertiary/aromatic N) is 1. The molecule has 160 valence electrons. The molecule has 9 heteroatoms. The van der Waals surface area contributed by atoms with Crippen LogP contribution in [0.3, 0.4) is 0 Å². The summed E-state index contributed by atoms with van der Waals surface area (Å²) in [4.78, 5) is 34.8. The van der Waals surface area contributed by atoms with Gasteiger partial charge in [0.05, 0.1) is 19.3 Å². The van der Waals surface area contributed by atoms with Crippen LogP contribution >= 0.6 is 0 Å². The molecule has 0 spiro atoms. The van der Waals surface area contributed by atoms with Crippen molar-refractivity contribution in [1.29, 1.82) is 5.26 Å². The monoisotopic (exact) mass is 424 g/mol. The summed E-state index contributed by atoms with van der Waals surface area (Å²) in [5.41, 5.74) is 0.531. The van der Waals surface area contributed by atoms with Crippen molar-refractivity contribution in [2.24, 2.45) is 0 Å². The molecule has 2 rings (SSSR count). The smallest absolute Gasteiger partial charge is 0.343 e. The molecule has 0 aliphatic heterocycles. The van der Waals surface area contributed by atoms with Crippen LogP contribution in [0.5, 0.6) is 11.5 Å². The van der Waals surface area contributed by atoms with Gasteiger partial charge in [-0.1, -0.05) is 12.1 Å². The summed E-state index contributed by atoms with van der Waals surface area (Å²) in [5.74, 6) is -1.76. The Kier molecular flexibility index (Phi) is 8.16. The number of methoxy groups -OCH3 is 1. The number of ether oxygens (including phenoxy) is 3. The third kappa shape index (κ3) is 6.61. The molecule has 2 aromatic carbocycles. The van der Waals surface area contributed by atoms with Crippen LogP contribution in [0, 0.1) is 11.3 Å². The van der Waals surface area contributed by atoms with Crippen molar-refractivity contribution in [2.45, 2.75) is 6.92 Å². The van der Waals surface area contributed by atoms with E-state index < -0.39 is 17.8 Å². The van der Waals surface area contributed by atoms with E-state index in [1.807, 2.05) is 6.07 Å². The first-order valence-corrected chi connectivity index (χ1v) is 9.10. The first-order chi connectivity index (χ1) is 14.9. The first-order valence-electron chi connectivity index (χ1n) is 9.10. The normalized spacial score (nSPS) is 10.5. The number of esters is 1. The molecule has 0 aliphatic carbocycles. The minimum Gasteiger partial charge on any atom is -0.490 e. The van der Waals surface area contributed by atoms with E-state index in [-0.39, 0.29) is 23.4 Å². The van der Waals surface area contributed by atoms with Crippen molar-refractivity contribution in [3.63, 3.8) is 0 Å². The van der Waals surface area contributed by atoms with Crippen molar-refractivity contribution < 1.29 is 33.7 Å². The highest BCUT2D eigenvalue weighted by atomic mass is 16.6. The van der Waals surface area contributed by atoms with Gasteiger partial charge in [-0.2, -0.15) is 5.26 Å². The summed E-state index contributed by atoms with van der Waals surface area (Å²) in [6.45, 7) is 1.80. The predicted octanol–water partition coefficient (Wildman–Crippen LogP) is 2.88. The first kappa shape index (κ1) is 23.0. The highest BCUT2D eigenvalue weighted by Gasteiger charge is 2.13. The Labute approximate surface area is 178 Å². The summed E-state index contributed by atoms with van der Waals surface area (Å²) in [6, 6.07) is 12.2. The molecule has 0 heterocycles. The van der Waals surface area contributed by atoms with E-state index in [4.69, 9.17) is 14.6 Å². The van der Waals surface area contributed by atoms with Crippen molar-refractivity contribution >= 4 is 29.6 Å². The fourth-order valence-electron chi connectivity index (χ4n) is 2.44. The van der Waals surface area contributed by atoms with Crippen LogP contribution < -0.4 is 14.8 Å². The summed E-state index contributed by atoms with van der Waals surface area (Å²) in [5, 5.41) is 20.9. The third-order valence-corrected chi connectivity index (χ3v) is 3.88. The van der Waals surface area contributed by atoms with E-state index in [1.54, 1.807) is 25.1 Å². The second-order valence-corrected chi connectivity index (χ2v) is 6.01. The Morgan fingerprint density at radius 2 is 1.90 bits per heavy atom. The van der Waals surface area contributed by atoms with Crippen LogP contribution in [0.25, 0.3) is 6.08 Å². The SMILES string of the molecule is CCOc1cc(/C=C(/C#N)C(=O)Nc2cccc(C(=O)O)c2)ccc1OCC(=O)OC. The summed E-state index contributed by atoms with van der Waals surface area (Å²) >= 11 is 0. The lowest BCUT2D eigenvalue weighted by molar-refractivity contribution is -0.142. The van der Waals surface area contributed by atoms with Gasteiger partial charge in [0.2, 0.25) is 0 Å². The zero-order chi connectivity index (χ0) is 22.8. The summed E-state index contributed by atoms with van der Waals surface area (Å²) < 4.78 is 15.4. The van der Waals surface area contributed by atoms with Crippen molar-refractivity contribution in [3.05, 3.63) is 59.2 Å². The minimum atomic E-state index is -1.13.